The molecule has 1 aromatic heterocycles. The first kappa shape index (κ1) is 13.0. The second-order valence-electron chi connectivity index (χ2n) is 6.20. The van der Waals surface area contributed by atoms with Gasteiger partial charge in [0, 0.05) is 41.8 Å². The van der Waals surface area contributed by atoms with Gasteiger partial charge in [0.05, 0.1) is 7.11 Å². The second kappa shape index (κ2) is 4.92. The molecule has 0 saturated heterocycles. The van der Waals surface area contributed by atoms with Gasteiger partial charge in [-0.25, -0.2) is 0 Å². The molecular weight excluding hydrogens is 260 g/mol. The third kappa shape index (κ3) is 1.99. The van der Waals surface area contributed by atoms with E-state index in [0.717, 1.165) is 31.8 Å². The predicted octanol–water partition coefficient (Wildman–Crippen LogP) is 3.32. The fraction of sp³-hybridized carbons (Fsp3) is 0.444. The van der Waals surface area contributed by atoms with Gasteiger partial charge in [0.2, 0.25) is 0 Å². The topological polar surface area (TPSA) is 17.4 Å². The molecule has 0 fully saturated rings. The van der Waals surface area contributed by atoms with E-state index < -0.39 is 0 Å². The van der Waals surface area contributed by atoms with Gasteiger partial charge in [0.15, 0.2) is 0 Å². The molecule has 2 aliphatic rings. The maximum Gasteiger partial charge on any atom is 0.119 e. The fourth-order valence-electron chi connectivity index (χ4n) is 3.79. The Hall–Kier alpha value is -1.74. The average Bonchev–Trinajstić information content (AvgIpc) is 3.08. The van der Waals surface area contributed by atoms with Gasteiger partial charge >= 0.3 is 0 Å². The van der Waals surface area contributed by atoms with Gasteiger partial charge in [-0.15, -0.1) is 0 Å². The molecule has 0 unspecified atom stereocenters. The summed E-state index contributed by atoms with van der Waals surface area (Å²) in [5.41, 5.74) is 5.93. The summed E-state index contributed by atoms with van der Waals surface area (Å²) in [4.78, 5) is 2.38. The van der Waals surface area contributed by atoms with Crippen LogP contribution >= 0.6 is 0 Å². The minimum atomic E-state index is 0.960. The highest BCUT2D eigenvalue weighted by molar-refractivity contribution is 5.96. The zero-order valence-electron chi connectivity index (χ0n) is 12.9. The van der Waals surface area contributed by atoms with E-state index >= 15 is 0 Å². The molecule has 0 bridgehead atoms. The van der Waals surface area contributed by atoms with Crippen molar-refractivity contribution in [2.75, 3.05) is 27.2 Å². The standard InChI is InChI=1S/C18H22N2O/c1-19-10-7-13(8-11-19)18-15-12-14(21-2)5-6-16(15)20-9-3-4-17(18)20/h5-7,12H,3-4,8-11H2,1-2H3. The quantitative estimate of drug-likeness (QED) is 0.841. The van der Waals surface area contributed by atoms with E-state index in [9.17, 15) is 0 Å². The molecule has 1 aromatic carbocycles. The Morgan fingerprint density at radius 3 is 2.81 bits per heavy atom. The van der Waals surface area contributed by atoms with Crippen molar-refractivity contribution >= 4 is 16.5 Å². The monoisotopic (exact) mass is 282 g/mol. The van der Waals surface area contributed by atoms with Crippen LogP contribution in [0.2, 0.25) is 0 Å². The minimum Gasteiger partial charge on any atom is -0.497 e. The van der Waals surface area contributed by atoms with Crippen molar-refractivity contribution in [1.82, 2.24) is 9.47 Å². The highest BCUT2D eigenvalue weighted by atomic mass is 16.5. The third-order valence-corrected chi connectivity index (χ3v) is 4.91. The summed E-state index contributed by atoms with van der Waals surface area (Å²) in [6, 6.07) is 6.53. The minimum absolute atomic E-state index is 0.960. The molecule has 0 spiro atoms. The number of hydrogen-bond acceptors (Lipinski definition) is 2. The number of ether oxygens (including phenoxy) is 1. The molecule has 110 valence electrons. The highest BCUT2D eigenvalue weighted by Gasteiger charge is 2.24. The van der Waals surface area contributed by atoms with E-state index in [2.05, 4.69) is 40.8 Å². The lowest BCUT2D eigenvalue weighted by atomic mass is 9.95. The molecule has 3 heteroatoms. The lowest BCUT2D eigenvalue weighted by Gasteiger charge is -2.22. The number of aromatic nitrogens is 1. The summed E-state index contributed by atoms with van der Waals surface area (Å²) in [7, 11) is 3.94. The van der Waals surface area contributed by atoms with Gasteiger partial charge in [-0.2, -0.15) is 0 Å². The lowest BCUT2D eigenvalue weighted by Crippen LogP contribution is -2.23. The first-order chi connectivity index (χ1) is 10.3. The van der Waals surface area contributed by atoms with Crippen molar-refractivity contribution < 1.29 is 4.74 Å². The number of aryl methyl sites for hydroxylation is 1. The molecule has 21 heavy (non-hydrogen) atoms. The number of benzene rings is 1. The van der Waals surface area contributed by atoms with Crippen molar-refractivity contribution in [3.8, 4) is 5.75 Å². The number of fused-ring (bicyclic) bond motifs is 3. The highest BCUT2D eigenvalue weighted by Crippen LogP contribution is 2.39. The summed E-state index contributed by atoms with van der Waals surface area (Å²) >= 11 is 0. The van der Waals surface area contributed by atoms with Gasteiger partial charge in [-0.05, 0) is 50.1 Å². The smallest absolute Gasteiger partial charge is 0.119 e. The summed E-state index contributed by atoms with van der Waals surface area (Å²) in [5, 5.41) is 1.37. The molecule has 0 atom stereocenters. The molecule has 2 aromatic rings. The normalized spacial score (nSPS) is 18.9. The van der Waals surface area contributed by atoms with Crippen LogP contribution in [-0.2, 0) is 13.0 Å². The summed E-state index contributed by atoms with van der Waals surface area (Å²) < 4.78 is 7.96. The second-order valence-corrected chi connectivity index (χ2v) is 6.20. The van der Waals surface area contributed by atoms with Crippen LogP contribution in [0.1, 0.15) is 24.1 Å². The number of rotatable bonds is 2. The first-order valence-electron chi connectivity index (χ1n) is 7.85. The van der Waals surface area contributed by atoms with Crippen LogP contribution < -0.4 is 4.74 Å². The molecule has 3 nitrogen and oxygen atoms in total. The van der Waals surface area contributed by atoms with Crippen LogP contribution in [0.3, 0.4) is 0 Å². The average molecular weight is 282 g/mol. The van der Waals surface area contributed by atoms with E-state index in [-0.39, 0.29) is 0 Å². The Morgan fingerprint density at radius 1 is 1.14 bits per heavy atom. The lowest BCUT2D eigenvalue weighted by molar-refractivity contribution is 0.370. The molecule has 4 rings (SSSR count). The predicted molar refractivity (Wildman–Crippen MR) is 86.9 cm³/mol. The SMILES string of the molecule is COc1ccc2c(c1)c(C1=CCN(C)CC1)c1n2CCC1. The molecule has 0 amide bonds. The van der Waals surface area contributed by atoms with Crippen molar-refractivity contribution in [3.05, 3.63) is 35.5 Å². The third-order valence-electron chi connectivity index (χ3n) is 4.91. The van der Waals surface area contributed by atoms with E-state index in [4.69, 9.17) is 4.74 Å². The summed E-state index contributed by atoms with van der Waals surface area (Å²) in [6.45, 7) is 3.37. The molecule has 0 aliphatic carbocycles. The largest absolute Gasteiger partial charge is 0.497 e. The fourth-order valence-corrected chi connectivity index (χ4v) is 3.79. The molecule has 3 heterocycles. The Kier molecular flexibility index (Phi) is 3.03. The Labute approximate surface area is 125 Å². The molecule has 2 aliphatic heterocycles. The van der Waals surface area contributed by atoms with Gasteiger partial charge in [-0.1, -0.05) is 6.08 Å². The van der Waals surface area contributed by atoms with Gasteiger partial charge in [-0.3, -0.25) is 0 Å². The maximum absolute atomic E-state index is 5.45. The van der Waals surface area contributed by atoms with E-state index in [1.165, 1.54) is 40.6 Å². The van der Waals surface area contributed by atoms with Crippen LogP contribution in [0.25, 0.3) is 16.5 Å². The number of methoxy groups -OCH3 is 1. The van der Waals surface area contributed by atoms with E-state index in [1.807, 2.05) is 0 Å². The number of nitrogens with zero attached hydrogens (tertiary/aromatic N) is 2. The molecule has 0 saturated carbocycles. The van der Waals surface area contributed by atoms with Crippen molar-refractivity contribution in [2.45, 2.75) is 25.8 Å². The van der Waals surface area contributed by atoms with Gasteiger partial charge in [0.1, 0.15) is 5.75 Å². The van der Waals surface area contributed by atoms with Crippen molar-refractivity contribution in [2.24, 2.45) is 0 Å². The first-order valence-corrected chi connectivity index (χ1v) is 7.85. The van der Waals surface area contributed by atoms with Gasteiger partial charge in [0.25, 0.3) is 0 Å². The van der Waals surface area contributed by atoms with Crippen LogP contribution in [0, 0.1) is 0 Å². The number of hydrogen-bond donors (Lipinski definition) is 0. The zero-order valence-corrected chi connectivity index (χ0v) is 12.9. The molecular formula is C18H22N2O. The van der Waals surface area contributed by atoms with Crippen LogP contribution in [0.4, 0.5) is 0 Å². The van der Waals surface area contributed by atoms with Crippen LogP contribution in [0.5, 0.6) is 5.75 Å². The van der Waals surface area contributed by atoms with Crippen molar-refractivity contribution in [3.63, 3.8) is 0 Å². The Bertz CT molecular complexity index is 726. The van der Waals surface area contributed by atoms with Crippen LogP contribution in [0.15, 0.2) is 24.3 Å². The summed E-state index contributed by atoms with van der Waals surface area (Å²) in [5.74, 6) is 0.960. The van der Waals surface area contributed by atoms with Gasteiger partial charge < -0.3 is 14.2 Å². The maximum atomic E-state index is 5.45. The Morgan fingerprint density at radius 2 is 2.05 bits per heavy atom. The van der Waals surface area contributed by atoms with Crippen LogP contribution in [-0.4, -0.2) is 36.7 Å². The summed E-state index contributed by atoms with van der Waals surface area (Å²) in [6.07, 6.45) is 6.05. The molecule has 0 radical (unpaired) electrons. The zero-order chi connectivity index (χ0) is 14.4. The Balaban J connectivity index is 1.94. The molecule has 0 N–H and O–H groups in total. The van der Waals surface area contributed by atoms with E-state index in [0.29, 0.717) is 0 Å². The van der Waals surface area contributed by atoms with E-state index in [1.54, 1.807) is 7.11 Å². The van der Waals surface area contributed by atoms with Crippen molar-refractivity contribution in [1.29, 1.82) is 0 Å². The number of likely N-dealkylation sites (N-methyl/N-ethyl adjacent to an activating group) is 1.